The van der Waals surface area contributed by atoms with Crippen LogP contribution in [-0.4, -0.2) is 40.8 Å². The van der Waals surface area contributed by atoms with Crippen molar-refractivity contribution in [3.05, 3.63) is 96.1 Å². The maximum Gasteiger partial charge on any atom is 0.264 e. The fourth-order valence-electron chi connectivity index (χ4n) is 3.48. The van der Waals surface area contributed by atoms with E-state index in [1.165, 1.54) is 25.5 Å². The molecule has 3 aromatic carbocycles. The third kappa shape index (κ3) is 6.51. The average molecular weight is 508 g/mol. The van der Waals surface area contributed by atoms with E-state index in [0.717, 1.165) is 15.4 Å². The van der Waals surface area contributed by atoms with E-state index >= 15 is 0 Å². The van der Waals surface area contributed by atoms with E-state index in [1.807, 2.05) is 26.0 Å². The SMILES string of the molecule is C=CCOc1ccc(C=NNC(=O)CN(c2ccc(C)cc2C)S(=O)(=O)c2ccccc2)cc1OC. The van der Waals surface area contributed by atoms with Crippen molar-refractivity contribution in [2.24, 2.45) is 5.10 Å². The van der Waals surface area contributed by atoms with Crippen LogP contribution in [0.25, 0.3) is 0 Å². The molecule has 0 spiro atoms. The van der Waals surface area contributed by atoms with Gasteiger partial charge >= 0.3 is 0 Å². The fraction of sp³-hybridized carbons (Fsp3) is 0.185. The van der Waals surface area contributed by atoms with E-state index in [1.54, 1.807) is 48.5 Å². The standard InChI is InChI=1S/C27H29N3O5S/c1-5-15-35-25-14-12-22(17-26(25)34-4)18-28-29-27(31)19-30(24-13-11-20(2)16-21(24)3)36(32,33)23-9-7-6-8-10-23/h5-14,16-18H,1,15,19H2,2-4H3,(H,29,31). The molecule has 188 valence electrons. The van der Waals surface area contributed by atoms with Gasteiger partial charge in [0, 0.05) is 0 Å². The predicted octanol–water partition coefficient (Wildman–Crippen LogP) is 4.22. The summed E-state index contributed by atoms with van der Waals surface area (Å²) in [5, 5.41) is 3.99. The lowest BCUT2D eigenvalue weighted by Crippen LogP contribution is -2.40. The predicted molar refractivity (Wildman–Crippen MR) is 141 cm³/mol. The fourth-order valence-corrected chi connectivity index (χ4v) is 4.99. The zero-order chi connectivity index (χ0) is 26.1. The van der Waals surface area contributed by atoms with Gasteiger partial charge in [0.05, 0.1) is 23.9 Å². The van der Waals surface area contributed by atoms with Crippen molar-refractivity contribution >= 4 is 27.8 Å². The van der Waals surface area contributed by atoms with E-state index in [2.05, 4.69) is 17.1 Å². The Morgan fingerprint density at radius 3 is 2.47 bits per heavy atom. The molecule has 1 amide bonds. The van der Waals surface area contributed by atoms with Gasteiger partial charge in [-0.2, -0.15) is 5.10 Å². The van der Waals surface area contributed by atoms with Gasteiger partial charge in [0.2, 0.25) is 0 Å². The Morgan fingerprint density at radius 2 is 1.81 bits per heavy atom. The molecule has 0 fully saturated rings. The topological polar surface area (TPSA) is 97.3 Å². The normalized spacial score (nSPS) is 11.2. The van der Waals surface area contributed by atoms with Gasteiger partial charge in [-0.05, 0) is 61.4 Å². The zero-order valence-corrected chi connectivity index (χ0v) is 21.3. The van der Waals surface area contributed by atoms with Gasteiger partial charge in [-0.3, -0.25) is 9.10 Å². The molecule has 36 heavy (non-hydrogen) atoms. The first-order valence-corrected chi connectivity index (χ1v) is 12.6. The number of rotatable bonds is 11. The van der Waals surface area contributed by atoms with Crippen LogP contribution in [-0.2, 0) is 14.8 Å². The van der Waals surface area contributed by atoms with Gasteiger partial charge in [-0.1, -0.05) is 48.6 Å². The highest BCUT2D eigenvalue weighted by atomic mass is 32.2. The Labute approximate surface area is 211 Å². The second-order valence-corrected chi connectivity index (χ2v) is 9.78. The van der Waals surface area contributed by atoms with Gasteiger partial charge in [0.1, 0.15) is 13.2 Å². The Balaban J connectivity index is 1.80. The van der Waals surface area contributed by atoms with Crippen molar-refractivity contribution in [2.75, 3.05) is 24.6 Å². The van der Waals surface area contributed by atoms with Crippen LogP contribution in [0.3, 0.4) is 0 Å². The highest BCUT2D eigenvalue weighted by Gasteiger charge is 2.28. The van der Waals surface area contributed by atoms with E-state index in [9.17, 15) is 13.2 Å². The van der Waals surface area contributed by atoms with Gasteiger partial charge in [0.15, 0.2) is 11.5 Å². The molecule has 1 N–H and O–H groups in total. The highest BCUT2D eigenvalue weighted by Crippen LogP contribution is 2.28. The molecule has 8 nitrogen and oxygen atoms in total. The van der Waals surface area contributed by atoms with Crippen LogP contribution in [0.5, 0.6) is 11.5 Å². The smallest absolute Gasteiger partial charge is 0.264 e. The first-order chi connectivity index (χ1) is 17.3. The monoisotopic (exact) mass is 507 g/mol. The van der Waals surface area contributed by atoms with Crippen molar-refractivity contribution < 1.29 is 22.7 Å². The Morgan fingerprint density at radius 1 is 1.06 bits per heavy atom. The number of amides is 1. The molecule has 3 rings (SSSR count). The quantitative estimate of drug-likeness (QED) is 0.238. The first-order valence-electron chi connectivity index (χ1n) is 11.1. The third-order valence-corrected chi connectivity index (χ3v) is 6.96. The molecule has 0 aliphatic carbocycles. The minimum Gasteiger partial charge on any atom is -0.493 e. The van der Waals surface area contributed by atoms with Crippen LogP contribution < -0.4 is 19.2 Å². The number of carbonyl (C=O) groups excluding carboxylic acids is 1. The number of nitrogens with zero attached hydrogens (tertiary/aromatic N) is 2. The molecule has 0 aliphatic heterocycles. The second kappa shape index (κ2) is 12.0. The summed E-state index contributed by atoms with van der Waals surface area (Å²) >= 11 is 0. The van der Waals surface area contributed by atoms with Gasteiger partial charge < -0.3 is 9.47 Å². The molecule has 0 saturated carbocycles. The van der Waals surface area contributed by atoms with E-state index < -0.39 is 22.5 Å². The molecule has 0 unspecified atom stereocenters. The largest absolute Gasteiger partial charge is 0.493 e. The van der Waals surface area contributed by atoms with E-state index in [4.69, 9.17) is 9.47 Å². The van der Waals surface area contributed by atoms with Crippen LogP contribution in [0.2, 0.25) is 0 Å². The van der Waals surface area contributed by atoms with Crippen LogP contribution in [0.4, 0.5) is 5.69 Å². The van der Waals surface area contributed by atoms with Crippen LogP contribution in [0.15, 0.2) is 89.4 Å². The maximum atomic E-state index is 13.5. The maximum absolute atomic E-state index is 13.5. The summed E-state index contributed by atoms with van der Waals surface area (Å²) in [6.45, 7) is 7.23. The van der Waals surface area contributed by atoms with Crippen molar-refractivity contribution in [3.8, 4) is 11.5 Å². The lowest BCUT2D eigenvalue weighted by Gasteiger charge is -2.25. The summed E-state index contributed by atoms with van der Waals surface area (Å²) in [5.41, 5.74) is 5.20. The minimum absolute atomic E-state index is 0.0899. The molecule has 0 aromatic heterocycles. The number of benzene rings is 3. The number of anilines is 1. The lowest BCUT2D eigenvalue weighted by atomic mass is 10.1. The van der Waals surface area contributed by atoms with Crippen LogP contribution in [0.1, 0.15) is 16.7 Å². The van der Waals surface area contributed by atoms with Crippen molar-refractivity contribution in [1.82, 2.24) is 5.43 Å². The summed E-state index contributed by atoms with van der Waals surface area (Å²) in [7, 11) is -2.48. The number of hydrogen-bond acceptors (Lipinski definition) is 6. The molecule has 0 aliphatic rings. The summed E-state index contributed by atoms with van der Waals surface area (Å²) in [4.78, 5) is 12.9. The number of methoxy groups -OCH3 is 1. The van der Waals surface area contributed by atoms with Gasteiger partial charge in [-0.15, -0.1) is 0 Å². The number of hydrogen-bond donors (Lipinski definition) is 1. The first kappa shape index (κ1) is 26.5. The van der Waals surface area contributed by atoms with Crippen molar-refractivity contribution in [2.45, 2.75) is 18.7 Å². The molecular formula is C27H29N3O5S. The average Bonchev–Trinajstić information content (AvgIpc) is 2.87. The molecule has 0 bridgehead atoms. The Kier molecular flexibility index (Phi) is 8.86. The Bertz CT molecular complexity index is 1360. The molecule has 0 atom stereocenters. The molecule has 3 aromatic rings. The van der Waals surface area contributed by atoms with Crippen molar-refractivity contribution in [3.63, 3.8) is 0 Å². The van der Waals surface area contributed by atoms with E-state index in [0.29, 0.717) is 29.4 Å². The summed E-state index contributed by atoms with van der Waals surface area (Å²) in [6.07, 6.45) is 3.06. The van der Waals surface area contributed by atoms with Gasteiger partial charge in [0.25, 0.3) is 15.9 Å². The summed E-state index contributed by atoms with van der Waals surface area (Å²) < 4.78 is 38.9. The Hall–Kier alpha value is -4.11. The number of hydrazone groups is 1. The lowest BCUT2D eigenvalue weighted by molar-refractivity contribution is -0.119. The zero-order valence-electron chi connectivity index (χ0n) is 20.5. The molecule has 0 saturated heterocycles. The highest BCUT2D eigenvalue weighted by molar-refractivity contribution is 7.92. The van der Waals surface area contributed by atoms with E-state index in [-0.39, 0.29) is 4.90 Å². The number of sulfonamides is 1. The second-order valence-electron chi connectivity index (χ2n) is 7.92. The summed E-state index contributed by atoms with van der Waals surface area (Å²) in [6, 6.07) is 18.6. The molecule has 9 heteroatoms. The molecule has 0 radical (unpaired) electrons. The van der Waals surface area contributed by atoms with Crippen molar-refractivity contribution in [1.29, 1.82) is 0 Å². The summed E-state index contributed by atoms with van der Waals surface area (Å²) in [5.74, 6) is 0.458. The molecular weight excluding hydrogens is 478 g/mol. The van der Waals surface area contributed by atoms with Gasteiger partial charge in [-0.25, -0.2) is 13.8 Å². The molecule has 0 heterocycles. The van der Waals surface area contributed by atoms with Crippen LogP contribution >= 0.6 is 0 Å². The number of nitrogens with one attached hydrogen (secondary N) is 1. The minimum atomic E-state index is -4.00. The number of aryl methyl sites for hydroxylation is 2. The third-order valence-electron chi connectivity index (χ3n) is 5.19. The van der Waals surface area contributed by atoms with Crippen LogP contribution in [0, 0.1) is 13.8 Å². The number of carbonyl (C=O) groups is 1. The number of ether oxygens (including phenoxy) is 2.